The third kappa shape index (κ3) is 2.22. The van der Waals surface area contributed by atoms with Gasteiger partial charge in [-0.25, -0.2) is 0 Å². The van der Waals surface area contributed by atoms with Crippen molar-refractivity contribution in [1.82, 2.24) is 0 Å². The van der Waals surface area contributed by atoms with Crippen molar-refractivity contribution in [2.45, 2.75) is 12.1 Å². The second-order valence-corrected chi connectivity index (χ2v) is 18.9. The summed E-state index contributed by atoms with van der Waals surface area (Å²) in [6.07, 6.45) is 0. The summed E-state index contributed by atoms with van der Waals surface area (Å²) in [7, 11) is 7.74. The molecule has 0 spiro atoms. The summed E-state index contributed by atoms with van der Waals surface area (Å²) in [5, 5.41) is 0.943. The van der Waals surface area contributed by atoms with E-state index in [1.807, 2.05) is 0 Å². The van der Waals surface area contributed by atoms with Crippen molar-refractivity contribution in [1.29, 1.82) is 0 Å². The van der Waals surface area contributed by atoms with Gasteiger partial charge in [0.15, 0.2) is 0 Å². The molecule has 0 saturated carbocycles. The number of hydrogen-bond acceptors (Lipinski definition) is 0. The molecule has 0 unspecified atom stereocenters. The van der Waals surface area contributed by atoms with Crippen molar-refractivity contribution >= 4 is 34.5 Å². The second kappa shape index (κ2) is 5.95. The van der Waals surface area contributed by atoms with Crippen LogP contribution < -0.4 is 13.1 Å². The van der Waals surface area contributed by atoms with Crippen LogP contribution in [-0.4, -0.2) is 11.5 Å². The first kappa shape index (κ1) is 15.4. The molecule has 0 fully saturated rings. The molecule has 0 aliphatic heterocycles. The van der Waals surface area contributed by atoms with Crippen LogP contribution in [0.5, 0.6) is 0 Å². The topological polar surface area (TPSA) is 0 Å². The Hall–Kier alpha value is -1.49. The van der Waals surface area contributed by atoms with E-state index in [0.29, 0.717) is 0 Å². The Morgan fingerprint density at radius 3 is 1.09 bits per heavy atom. The predicted molar refractivity (Wildman–Crippen MR) is 100 cm³/mol. The van der Waals surface area contributed by atoms with E-state index < -0.39 is 11.5 Å². The zero-order chi connectivity index (χ0) is 15.5. The van der Waals surface area contributed by atoms with Crippen LogP contribution in [0.1, 0.15) is 6.92 Å². The summed E-state index contributed by atoms with van der Waals surface area (Å²) < 4.78 is 3.84. The van der Waals surface area contributed by atoms with Crippen LogP contribution in [0.25, 0.3) is 0 Å². The first-order chi connectivity index (χ1) is 10.7. The maximum absolute atomic E-state index is 7.74. The zero-order valence-electron chi connectivity index (χ0n) is 12.7. The average Bonchev–Trinajstić information content (AvgIpc) is 2.63. The molecule has 3 aromatic rings. The van der Waals surface area contributed by atoms with E-state index in [4.69, 9.17) is 9.95 Å². The van der Waals surface area contributed by atoms with Gasteiger partial charge in [-0.15, -0.1) is 0 Å². The predicted octanol–water partition coefficient (Wildman–Crippen LogP) is 3.87. The minimum absolute atomic E-state index is 0.943. The summed E-state index contributed by atoms with van der Waals surface area (Å²) in [5.41, 5.74) is 0. The van der Waals surface area contributed by atoms with E-state index >= 15 is 0 Å². The molecule has 0 heterocycles. The molecule has 0 bridgehead atoms. The third-order valence-corrected chi connectivity index (χ3v) is 19.9. The van der Waals surface area contributed by atoms with Crippen molar-refractivity contribution in [3.63, 3.8) is 0 Å². The Kier molecular flexibility index (Phi) is 4.17. The van der Waals surface area contributed by atoms with E-state index in [0.717, 1.165) is 5.21 Å². The van der Waals surface area contributed by atoms with Crippen molar-refractivity contribution in [3.8, 4) is 0 Å². The van der Waals surface area contributed by atoms with Gasteiger partial charge in [-0.2, -0.15) is 0 Å². The molecule has 0 amide bonds. The van der Waals surface area contributed by atoms with E-state index in [1.54, 1.807) is 0 Å². The van der Waals surface area contributed by atoms with Crippen LogP contribution in [0.2, 0.25) is 5.21 Å². The van der Waals surface area contributed by atoms with Crippen LogP contribution in [-0.2, 0) is 0 Å². The SMILES string of the molecule is CC[As](Cl)(c1ccccc1)(c1ccccc1)c1ccccc1. The molecular weight excluding hydrogens is 351 g/mol. The summed E-state index contributed by atoms with van der Waals surface area (Å²) in [6, 6.07) is 31.9. The van der Waals surface area contributed by atoms with Gasteiger partial charge in [0.05, 0.1) is 0 Å². The molecule has 0 saturated heterocycles. The van der Waals surface area contributed by atoms with Crippen LogP contribution >= 0.6 is 9.95 Å². The third-order valence-electron chi connectivity index (χ3n) is 4.48. The van der Waals surface area contributed by atoms with Gasteiger partial charge in [-0.05, 0) is 0 Å². The Balaban J connectivity index is 2.41. The zero-order valence-corrected chi connectivity index (χ0v) is 15.3. The Bertz CT molecular complexity index is 639. The maximum atomic E-state index is 7.74. The second-order valence-electron chi connectivity index (χ2n) is 5.51. The van der Waals surface area contributed by atoms with Crippen LogP contribution in [0.3, 0.4) is 0 Å². The molecular formula is C20H20AsCl. The molecule has 112 valence electrons. The van der Waals surface area contributed by atoms with Gasteiger partial charge in [-0.3, -0.25) is 0 Å². The monoisotopic (exact) mass is 370 g/mol. The Morgan fingerprint density at radius 1 is 0.591 bits per heavy atom. The molecule has 0 aromatic heterocycles. The van der Waals surface area contributed by atoms with Gasteiger partial charge in [0.25, 0.3) is 0 Å². The summed E-state index contributed by atoms with van der Waals surface area (Å²) >= 11 is -3.61. The van der Waals surface area contributed by atoms with Crippen molar-refractivity contribution in [3.05, 3.63) is 91.0 Å². The first-order valence-corrected chi connectivity index (χ1v) is 14.2. The molecule has 3 rings (SSSR count). The van der Waals surface area contributed by atoms with Gasteiger partial charge in [0.1, 0.15) is 0 Å². The fourth-order valence-corrected chi connectivity index (χ4v) is 14.1. The standard InChI is InChI=1S/C20H20AsCl/c1-2-21(22,18-12-6-3-7-13-18,19-14-8-4-9-15-19)20-16-10-5-11-17-20/h3-17H,2H2,1H3. The van der Waals surface area contributed by atoms with E-state index in [2.05, 4.69) is 97.9 Å². The average molecular weight is 371 g/mol. The van der Waals surface area contributed by atoms with Crippen LogP contribution in [0, 0.1) is 0 Å². The van der Waals surface area contributed by atoms with Gasteiger partial charge in [-0.1, -0.05) is 0 Å². The van der Waals surface area contributed by atoms with Crippen molar-refractivity contribution in [2.24, 2.45) is 0 Å². The Labute approximate surface area is 137 Å². The minimum atomic E-state index is -3.61. The molecule has 2 heteroatoms. The van der Waals surface area contributed by atoms with Gasteiger partial charge >= 0.3 is 138 Å². The van der Waals surface area contributed by atoms with Crippen LogP contribution in [0.4, 0.5) is 0 Å². The number of benzene rings is 3. The van der Waals surface area contributed by atoms with Gasteiger partial charge < -0.3 is 0 Å². The van der Waals surface area contributed by atoms with Crippen molar-refractivity contribution in [2.75, 3.05) is 0 Å². The van der Waals surface area contributed by atoms with Crippen molar-refractivity contribution < 1.29 is 0 Å². The molecule has 0 radical (unpaired) electrons. The number of rotatable bonds is 4. The Morgan fingerprint density at radius 2 is 0.864 bits per heavy atom. The van der Waals surface area contributed by atoms with Gasteiger partial charge in [0, 0.05) is 0 Å². The molecule has 0 aliphatic rings. The van der Waals surface area contributed by atoms with E-state index in [-0.39, 0.29) is 0 Å². The first-order valence-electron chi connectivity index (χ1n) is 7.60. The summed E-state index contributed by atoms with van der Waals surface area (Å²) in [5.74, 6) is 0. The quantitative estimate of drug-likeness (QED) is 0.612. The molecule has 0 nitrogen and oxygen atoms in total. The molecule has 0 aliphatic carbocycles. The molecule has 0 atom stereocenters. The fraction of sp³-hybridized carbons (Fsp3) is 0.100. The molecule has 3 aromatic carbocycles. The molecule has 22 heavy (non-hydrogen) atoms. The van der Waals surface area contributed by atoms with Gasteiger partial charge in [0.2, 0.25) is 0 Å². The van der Waals surface area contributed by atoms with Crippen LogP contribution in [0.15, 0.2) is 91.0 Å². The number of halogens is 1. The fourth-order valence-electron chi connectivity index (χ4n) is 3.21. The summed E-state index contributed by atoms with van der Waals surface area (Å²) in [4.78, 5) is 0. The number of hydrogen-bond donors (Lipinski definition) is 0. The normalized spacial score (nSPS) is 13.3. The van der Waals surface area contributed by atoms with E-state index in [1.165, 1.54) is 13.1 Å². The molecule has 0 N–H and O–H groups in total. The summed E-state index contributed by atoms with van der Waals surface area (Å²) in [6.45, 7) is 2.23. The van der Waals surface area contributed by atoms with E-state index in [9.17, 15) is 0 Å².